The Hall–Kier alpha value is -1.88. The van der Waals surface area contributed by atoms with Crippen molar-refractivity contribution in [3.8, 4) is 0 Å². The van der Waals surface area contributed by atoms with E-state index in [1.165, 1.54) is 12.1 Å². The fourth-order valence-electron chi connectivity index (χ4n) is 1.68. The Bertz CT molecular complexity index is 457. The van der Waals surface area contributed by atoms with Crippen molar-refractivity contribution >= 4 is 11.9 Å². The molecular weight excluding hydrogens is 258 g/mol. The van der Waals surface area contributed by atoms with E-state index < -0.39 is 5.97 Å². The fraction of sp³-hybridized carbons (Fsp3) is 0.467. The summed E-state index contributed by atoms with van der Waals surface area (Å²) in [5, 5.41) is 11.7. The molecule has 1 aromatic rings. The number of benzene rings is 1. The first kappa shape index (κ1) is 16.2. The van der Waals surface area contributed by atoms with E-state index in [9.17, 15) is 9.59 Å². The Morgan fingerprint density at radius 3 is 2.75 bits per heavy atom. The Balaban J connectivity index is 2.32. The summed E-state index contributed by atoms with van der Waals surface area (Å²) in [6, 6.07) is 6.41. The Morgan fingerprint density at radius 1 is 1.35 bits per heavy atom. The molecule has 0 saturated heterocycles. The second-order valence-corrected chi connectivity index (χ2v) is 4.81. The van der Waals surface area contributed by atoms with Crippen LogP contribution in [0.4, 0.5) is 0 Å². The summed E-state index contributed by atoms with van der Waals surface area (Å²) in [4.78, 5) is 22.5. The van der Waals surface area contributed by atoms with E-state index in [-0.39, 0.29) is 24.0 Å². The fourth-order valence-corrected chi connectivity index (χ4v) is 1.68. The van der Waals surface area contributed by atoms with Crippen molar-refractivity contribution in [2.75, 3.05) is 13.2 Å². The van der Waals surface area contributed by atoms with Crippen LogP contribution in [-0.4, -0.2) is 36.2 Å². The van der Waals surface area contributed by atoms with Gasteiger partial charge in [-0.25, -0.2) is 4.79 Å². The Kier molecular flexibility index (Phi) is 6.73. The SMILES string of the molecule is CC(C)OCCCNC(=O)Cc1cccc(C(=O)O)c1. The monoisotopic (exact) mass is 279 g/mol. The number of ether oxygens (including phenoxy) is 1. The van der Waals surface area contributed by atoms with E-state index in [1.54, 1.807) is 12.1 Å². The number of rotatable bonds is 8. The third-order valence-corrected chi connectivity index (χ3v) is 2.63. The topological polar surface area (TPSA) is 75.6 Å². The summed E-state index contributed by atoms with van der Waals surface area (Å²) in [6.45, 7) is 5.11. The van der Waals surface area contributed by atoms with Crippen LogP contribution in [0.2, 0.25) is 0 Å². The van der Waals surface area contributed by atoms with Crippen molar-refractivity contribution < 1.29 is 19.4 Å². The highest BCUT2D eigenvalue weighted by Crippen LogP contribution is 2.06. The van der Waals surface area contributed by atoms with Crippen LogP contribution in [0.5, 0.6) is 0 Å². The molecule has 0 aliphatic heterocycles. The summed E-state index contributed by atoms with van der Waals surface area (Å²) in [6.07, 6.45) is 1.15. The third-order valence-electron chi connectivity index (χ3n) is 2.63. The molecule has 0 bridgehead atoms. The van der Waals surface area contributed by atoms with Gasteiger partial charge in [-0.1, -0.05) is 12.1 Å². The number of carbonyl (C=O) groups is 2. The highest BCUT2D eigenvalue weighted by Gasteiger charge is 2.06. The molecule has 0 heterocycles. The number of amides is 1. The van der Waals surface area contributed by atoms with E-state index in [2.05, 4.69) is 5.32 Å². The number of carbonyl (C=O) groups excluding carboxylic acids is 1. The molecule has 2 N–H and O–H groups in total. The maximum absolute atomic E-state index is 11.7. The third kappa shape index (κ3) is 6.33. The molecule has 0 saturated carbocycles. The van der Waals surface area contributed by atoms with Crippen LogP contribution < -0.4 is 5.32 Å². The van der Waals surface area contributed by atoms with Crippen LogP contribution in [0, 0.1) is 0 Å². The van der Waals surface area contributed by atoms with Crippen LogP contribution in [0.25, 0.3) is 0 Å². The number of hydrogen-bond donors (Lipinski definition) is 2. The average Bonchev–Trinajstić information content (AvgIpc) is 2.38. The number of aromatic carboxylic acids is 1. The largest absolute Gasteiger partial charge is 0.478 e. The molecule has 1 amide bonds. The van der Waals surface area contributed by atoms with Crippen molar-refractivity contribution in [1.82, 2.24) is 5.32 Å². The van der Waals surface area contributed by atoms with Crippen LogP contribution in [0.15, 0.2) is 24.3 Å². The van der Waals surface area contributed by atoms with Crippen LogP contribution >= 0.6 is 0 Å². The average molecular weight is 279 g/mol. The molecule has 1 aromatic carbocycles. The molecule has 0 unspecified atom stereocenters. The second kappa shape index (κ2) is 8.32. The first-order valence-corrected chi connectivity index (χ1v) is 6.69. The molecule has 1 rings (SSSR count). The smallest absolute Gasteiger partial charge is 0.335 e. The van der Waals surface area contributed by atoms with Gasteiger partial charge in [0.1, 0.15) is 0 Å². The molecule has 0 aliphatic carbocycles. The molecule has 0 radical (unpaired) electrons. The van der Waals surface area contributed by atoms with E-state index in [1.807, 2.05) is 13.8 Å². The first-order valence-electron chi connectivity index (χ1n) is 6.69. The summed E-state index contributed by atoms with van der Waals surface area (Å²) >= 11 is 0. The highest BCUT2D eigenvalue weighted by atomic mass is 16.5. The molecule has 0 fully saturated rings. The molecule has 0 spiro atoms. The maximum Gasteiger partial charge on any atom is 0.335 e. The summed E-state index contributed by atoms with van der Waals surface area (Å²) < 4.78 is 5.37. The number of hydrogen-bond acceptors (Lipinski definition) is 3. The normalized spacial score (nSPS) is 10.6. The molecule has 0 aromatic heterocycles. The highest BCUT2D eigenvalue weighted by molar-refractivity contribution is 5.88. The van der Waals surface area contributed by atoms with E-state index in [0.29, 0.717) is 18.7 Å². The lowest BCUT2D eigenvalue weighted by molar-refractivity contribution is -0.120. The predicted molar refractivity (Wildman–Crippen MR) is 75.8 cm³/mol. The van der Waals surface area contributed by atoms with Crippen molar-refractivity contribution in [3.05, 3.63) is 35.4 Å². The van der Waals surface area contributed by atoms with Gasteiger partial charge < -0.3 is 15.2 Å². The minimum Gasteiger partial charge on any atom is -0.478 e. The van der Waals surface area contributed by atoms with Gasteiger partial charge >= 0.3 is 5.97 Å². The standard InChI is InChI=1S/C15H21NO4/c1-11(2)20-8-4-7-16-14(17)10-12-5-3-6-13(9-12)15(18)19/h3,5-6,9,11H,4,7-8,10H2,1-2H3,(H,16,17)(H,18,19). The lowest BCUT2D eigenvalue weighted by atomic mass is 10.1. The summed E-state index contributed by atoms with van der Waals surface area (Å²) in [5.41, 5.74) is 0.890. The zero-order valence-corrected chi connectivity index (χ0v) is 11.9. The van der Waals surface area contributed by atoms with Gasteiger partial charge in [0.15, 0.2) is 0 Å². The van der Waals surface area contributed by atoms with Gasteiger partial charge in [-0.05, 0) is 38.0 Å². The van der Waals surface area contributed by atoms with Crippen LogP contribution in [-0.2, 0) is 16.0 Å². The van der Waals surface area contributed by atoms with Gasteiger partial charge in [0.05, 0.1) is 18.1 Å². The van der Waals surface area contributed by atoms with E-state index in [4.69, 9.17) is 9.84 Å². The lowest BCUT2D eigenvalue weighted by Gasteiger charge is -2.08. The molecular formula is C15H21NO4. The summed E-state index contributed by atoms with van der Waals surface area (Å²) in [5.74, 6) is -1.10. The van der Waals surface area contributed by atoms with Crippen molar-refractivity contribution in [2.45, 2.75) is 32.8 Å². The minimum absolute atomic E-state index is 0.114. The van der Waals surface area contributed by atoms with Gasteiger partial charge in [0.2, 0.25) is 5.91 Å². The van der Waals surface area contributed by atoms with Gasteiger partial charge in [-0.3, -0.25) is 4.79 Å². The molecule has 110 valence electrons. The first-order chi connectivity index (χ1) is 9.49. The van der Waals surface area contributed by atoms with Crippen LogP contribution in [0.3, 0.4) is 0 Å². The molecule has 0 aliphatic rings. The number of carboxylic acid groups (broad SMARTS) is 1. The van der Waals surface area contributed by atoms with Gasteiger partial charge in [-0.2, -0.15) is 0 Å². The van der Waals surface area contributed by atoms with E-state index >= 15 is 0 Å². The number of carboxylic acids is 1. The predicted octanol–water partition coefficient (Wildman–Crippen LogP) is 1.86. The van der Waals surface area contributed by atoms with Crippen LogP contribution in [0.1, 0.15) is 36.2 Å². The maximum atomic E-state index is 11.7. The lowest BCUT2D eigenvalue weighted by Crippen LogP contribution is -2.27. The van der Waals surface area contributed by atoms with Crippen molar-refractivity contribution in [1.29, 1.82) is 0 Å². The Morgan fingerprint density at radius 2 is 2.10 bits per heavy atom. The minimum atomic E-state index is -0.988. The molecule has 20 heavy (non-hydrogen) atoms. The molecule has 0 atom stereocenters. The van der Waals surface area contributed by atoms with Crippen molar-refractivity contribution in [3.63, 3.8) is 0 Å². The molecule has 5 heteroatoms. The van der Waals surface area contributed by atoms with Gasteiger partial charge in [0, 0.05) is 13.2 Å². The molecule has 5 nitrogen and oxygen atoms in total. The van der Waals surface area contributed by atoms with Gasteiger partial charge in [0.25, 0.3) is 0 Å². The van der Waals surface area contributed by atoms with Gasteiger partial charge in [-0.15, -0.1) is 0 Å². The van der Waals surface area contributed by atoms with Crippen molar-refractivity contribution in [2.24, 2.45) is 0 Å². The number of nitrogens with one attached hydrogen (secondary N) is 1. The quantitative estimate of drug-likeness (QED) is 0.712. The zero-order chi connectivity index (χ0) is 15.0. The second-order valence-electron chi connectivity index (χ2n) is 4.81. The Labute approximate surface area is 118 Å². The van der Waals surface area contributed by atoms with E-state index in [0.717, 1.165) is 6.42 Å². The zero-order valence-electron chi connectivity index (χ0n) is 11.9. The summed E-state index contributed by atoms with van der Waals surface area (Å²) in [7, 11) is 0.